The SMILES string of the molecule is C[C@H](OCc1ccccc1)C(O)CO. The van der Waals surface area contributed by atoms with Gasteiger partial charge in [-0.05, 0) is 12.5 Å². The minimum atomic E-state index is -0.807. The Bertz CT molecular complexity index is 248. The summed E-state index contributed by atoms with van der Waals surface area (Å²) in [6, 6.07) is 9.73. The zero-order valence-corrected chi connectivity index (χ0v) is 8.26. The molecule has 0 aliphatic rings. The molecule has 0 saturated carbocycles. The molecule has 1 unspecified atom stereocenters. The summed E-state index contributed by atoms with van der Waals surface area (Å²) in [7, 11) is 0. The maximum absolute atomic E-state index is 9.23. The van der Waals surface area contributed by atoms with Crippen LogP contribution < -0.4 is 0 Å². The fourth-order valence-electron chi connectivity index (χ4n) is 1.06. The zero-order valence-electron chi connectivity index (χ0n) is 8.26. The van der Waals surface area contributed by atoms with Crippen molar-refractivity contribution in [3.63, 3.8) is 0 Å². The lowest BCUT2D eigenvalue weighted by molar-refractivity contribution is -0.0551. The van der Waals surface area contributed by atoms with Gasteiger partial charge in [0.05, 0.1) is 19.3 Å². The molecule has 2 atom stereocenters. The molecule has 0 heterocycles. The van der Waals surface area contributed by atoms with Gasteiger partial charge in [-0.3, -0.25) is 0 Å². The van der Waals surface area contributed by atoms with Crippen LogP contribution in [0.1, 0.15) is 12.5 Å². The molecule has 0 aliphatic carbocycles. The van der Waals surface area contributed by atoms with Crippen molar-refractivity contribution in [2.45, 2.75) is 25.7 Å². The van der Waals surface area contributed by atoms with E-state index in [1.165, 1.54) is 0 Å². The fourth-order valence-corrected chi connectivity index (χ4v) is 1.06. The number of benzene rings is 1. The molecule has 2 N–H and O–H groups in total. The van der Waals surface area contributed by atoms with Crippen molar-refractivity contribution in [1.82, 2.24) is 0 Å². The average Bonchev–Trinajstić information content (AvgIpc) is 2.26. The van der Waals surface area contributed by atoms with Crippen LogP contribution in [0.15, 0.2) is 30.3 Å². The highest BCUT2D eigenvalue weighted by Gasteiger charge is 2.12. The van der Waals surface area contributed by atoms with Crippen molar-refractivity contribution >= 4 is 0 Å². The van der Waals surface area contributed by atoms with Crippen LogP contribution in [0.4, 0.5) is 0 Å². The maximum Gasteiger partial charge on any atom is 0.103 e. The molecule has 0 radical (unpaired) electrons. The normalized spacial score (nSPS) is 15.1. The van der Waals surface area contributed by atoms with E-state index in [9.17, 15) is 5.11 Å². The summed E-state index contributed by atoms with van der Waals surface area (Å²) in [5, 5.41) is 17.9. The predicted molar refractivity (Wildman–Crippen MR) is 53.8 cm³/mol. The lowest BCUT2D eigenvalue weighted by Crippen LogP contribution is -2.29. The quantitative estimate of drug-likeness (QED) is 0.737. The highest BCUT2D eigenvalue weighted by molar-refractivity contribution is 5.13. The molecule has 0 spiro atoms. The van der Waals surface area contributed by atoms with E-state index in [1.807, 2.05) is 30.3 Å². The summed E-state index contributed by atoms with van der Waals surface area (Å²) in [4.78, 5) is 0. The van der Waals surface area contributed by atoms with Crippen LogP contribution in [0.2, 0.25) is 0 Å². The van der Waals surface area contributed by atoms with Crippen molar-refractivity contribution in [2.75, 3.05) is 6.61 Å². The van der Waals surface area contributed by atoms with Crippen molar-refractivity contribution < 1.29 is 14.9 Å². The van der Waals surface area contributed by atoms with Crippen LogP contribution in [0.5, 0.6) is 0 Å². The van der Waals surface area contributed by atoms with Gasteiger partial charge in [0.25, 0.3) is 0 Å². The molecule has 14 heavy (non-hydrogen) atoms. The van der Waals surface area contributed by atoms with Crippen molar-refractivity contribution in [3.8, 4) is 0 Å². The molecular formula is C11H16O3. The molecule has 0 fully saturated rings. The Balaban J connectivity index is 2.34. The van der Waals surface area contributed by atoms with Gasteiger partial charge < -0.3 is 14.9 Å². The molecule has 3 heteroatoms. The summed E-state index contributed by atoms with van der Waals surface area (Å²) < 4.78 is 5.37. The first-order valence-electron chi connectivity index (χ1n) is 4.68. The van der Waals surface area contributed by atoms with Crippen LogP contribution >= 0.6 is 0 Å². The second kappa shape index (κ2) is 5.75. The number of rotatable bonds is 5. The summed E-state index contributed by atoms with van der Waals surface area (Å²) >= 11 is 0. The Morgan fingerprint density at radius 1 is 1.29 bits per heavy atom. The van der Waals surface area contributed by atoms with Crippen LogP contribution in [-0.4, -0.2) is 29.0 Å². The fraction of sp³-hybridized carbons (Fsp3) is 0.455. The molecule has 1 rings (SSSR count). The van der Waals surface area contributed by atoms with Gasteiger partial charge in [-0.1, -0.05) is 30.3 Å². The molecule has 0 saturated heterocycles. The van der Waals surface area contributed by atoms with Crippen LogP contribution in [0.25, 0.3) is 0 Å². The topological polar surface area (TPSA) is 49.7 Å². The lowest BCUT2D eigenvalue weighted by Gasteiger charge is -2.17. The van der Waals surface area contributed by atoms with Crippen molar-refractivity contribution in [1.29, 1.82) is 0 Å². The van der Waals surface area contributed by atoms with E-state index in [0.717, 1.165) is 5.56 Å². The number of aliphatic hydroxyl groups is 2. The van der Waals surface area contributed by atoms with E-state index >= 15 is 0 Å². The van der Waals surface area contributed by atoms with E-state index in [0.29, 0.717) is 6.61 Å². The second-order valence-corrected chi connectivity index (χ2v) is 3.25. The van der Waals surface area contributed by atoms with Gasteiger partial charge in [-0.25, -0.2) is 0 Å². The Labute approximate surface area is 84.0 Å². The van der Waals surface area contributed by atoms with Gasteiger partial charge in [-0.15, -0.1) is 0 Å². The summed E-state index contributed by atoms with van der Waals surface area (Å²) in [5.41, 5.74) is 1.06. The molecule has 0 aromatic heterocycles. The highest BCUT2D eigenvalue weighted by Crippen LogP contribution is 2.05. The maximum atomic E-state index is 9.23. The van der Waals surface area contributed by atoms with E-state index in [1.54, 1.807) is 6.92 Å². The molecule has 1 aromatic carbocycles. The first-order chi connectivity index (χ1) is 6.74. The van der Waals surface area contributed by atoms with Gasteiger partial charge in [0.1, 0.15) is 6.10 Å². The lowest BCUT2D eigenvalue weighted by atomic mass is 10.2. The molecule has 78 valence electrons. The smallest absolute Gasteiger partial charge is 0.103 e. The van der Waals surface area contributed by atoms with Crippen molar-refractivity contribution in [3.05, 3.63) is 35.9 Å². The van der Waals surface area contributed by atoms with Crippen LogP contribution in [-0.2, 0) is 11.3 Å². The third-order valence-electron chi connectivity index (χ3n) is 2.08. The van der Waals surface area contributed by atoms with E-state index in [2.05, 4.69) is 0 Å². The monoisotopic (exact) mass is 196 g/mol. The Morgan fingerprint density at radius 3 is 2.50 bits per heavy atom. The van der Waals surface area contributed by atoms with E-state index < -0.39 is 6.10 Å². The minimum Gasteiger partial charge on any atom is -0.394 e. The summed E-state index contributed by atoms with van der Waals surface area (Å²) in [6.45, 7) is 1.93. The van der Waals surface area contributed by atoms with Crippen LogP contribution in [0, 0.1) is 0 Å². The largest absolute Gasteiger partial charge is 0.394 e. The van der Waals surface area contributed by atoms with Gasteiger partial charge in [0.15, 0.2) is 0 Å². The summed E-state index contributed by atoms with van der Waals surface area (Å²) in [6.07, 6.45) is -1.15. The molecular weight excluding hydrogens is 180 g/mol. The molecule has 0 bridgehead atoms. The summed E-state index contributed by atoms with van der Waals surface area (Å²) in [5.74, 6) is 0. The Kier molecular flexibility index (Phi) is 4.59. The second-order valence-electron chi connectivity index (χ2n) is 3.25. The minimum absolute atomic E-state index is 0.268. The van der Waals surface area contributed by atoms with Gasteiger partial charge in [0.2, 0.25) is 0 Å². The Morgan fingerprint density at radius 2 is 1.93 bits per heavy atom. The third-order valence-corrected chi connectivity index (χ3v) is 2.08. The molecule has 3 nitrogen and oxygen atoms in total. The zero-order chi connectivity index (χ0) is 10.4. The predicted octanol–water partition coefficient (Wildman–Crippen LogP) is 0.945. The molecule has 0 aliphatic heterocycles. The Hall–Kier alpha value is -0.900. The van der Waals surface area contributed by atoms with Crippen molar-refractivity contribution in [2.24, 2.45) is 0 Å². The highest BCUT2D eigenvalue weighted by atomic mass is 16.5. The number of aliphatic hydroxyl groups excluding tert-OH is 2. The third kappa shape index (κ3) is 3.46. The molecule has 0 amide bonds. The first kappa shape index (κ1) is 11.2. The average molecular weight is 196 g/mol. The molecule has 1 aromatic rings. The van der Waals surface area contributed by atoms with Crippen LogP contribution in [0.3, 0.4) is 0 Å². The van der Waals surface area contributed by atoms with Gasteiger partial charge >= 0.3 is 0 Å². The van der Waals surface area contributed by atoms with E-state index in [-0.39, 0.29) is 12.7 Å². The number of hydrogen-bond acceptors (Lipinski definition) is 3. The first-order valence-corrected chi connectivity index (χ1v) is 4.68. The standard InChI is InChI=1S/C11H16O3/c1-9(11(13)7-12)14-8-10-5-3-2-4-6-10/h2-6,9,11-13H,7-8H2,1H3/t9-,11?/m0/s1. The van der Waals surface area contributed by atoms with Gasteiger partial charge in [-0.2, -0.15) is 0 Å². The van der Waals surface area contributed by atoms with E-state index in [4.69, 9.17) is 9.84 Å². The number of hydrogen-bond donors (Lipinski definition) is 2. The number of ether oxygens (including phenoxy) is 1. The van der Waals surface area contributed by atoms with Gasteiger partial charge in [0, 0.05) is 0 Å².